The van der Waals surface area contributed by atoms with Gasteiger partial charge in [0.1, 0.15) is 6.33 Å². The van der Waals surface area contributed by atoms with E-state index >= 15 is 0 Å². The van der Waals surface area contributed by atoms with Crippen LogP contribution in [0, 0.1) is 0 Å². The molecule has 0 saturated carbocycles. The second kappa shape index (κ2) is 8.57. The quantitative estimate of drug-likeness (QED) is 0.752. The van der Waals surface area contributed by atoms with Gasteiger partial charge >= 0.3 is 0 Å². The fourth-order valence-electron chi connectivity index (χ4n) is 2.18. The number of ether oxygens (including phenoxy) is 2. The minimum Gasteiger partial charge on any atom is -0.479 e. The van der Waals surface area contributed by atoms with E-state index in [2.05, 4.69) is 30.5 Å². The van der Waals surface area contributed by atoms with Crippen molar-refractivity contribution in [2.24, 2.45) is 0 Å². The van der Waals surface area contributed by atoms with Gasteiger partial charge in [0.2, 0.25) is 17.7 Å². The summed E-state index contributed by atoms with van der Waals surface area (Å²) >= 11 is 0. The van der Waals surface area contributed by atoms with Crippen LogP contribution in [0.1, 0.15) is 13.8 Å². The summed E-state index contributed by atoms with van der Waals surface area (Å²) < 4.78 is 12.4. The summed E-state index contributed by atoms with van der Waals surface area (Å²) in [5.41, 5.74) is 1.29. The molecule has 3 aromatic heterocycles. The van der Waals surface area contributed by atoms with Crippen molar-refractivity contribution >= 4 is 5.95 Å². The summed E-state index contributed by atoms with van der Waals surface area (Å²) in [6.45, 7) is 4.00. The van der Waals surface area contributed by atoms with Gasteiger partial charge in [-0.15, -0.1) is 10.2 Å². The van der Waals surface area contributed by atoms with Crippen molar-refractivity contribution in [1.29, 1.82) is 0 Å². The Labute approximate surface area is 146 Å². The topological polar surface area (TPSA) is 99.9 Å². The number of aromatic nitrogens is 6. The lowest BCUT2D eigenvalue weighted by Crippen LogP contribution is -2.09. The summed E-state index contributed by atoms with van der Waals surface area (Å²) in [7, 11) is 4.80. The molecule has 0 amide bonds. The highest BCUT2D eigenvalue weighted by Gasteiger charge is 2.23. The Morgan fingerprint density at radius 3 is 2.24 bits per heavy atom. The predicted molar refractivity (Wildman–Crippen MR) is 94.2 cm³/mol. The summed E-state index contributed by atoms with van der Waals surface area (Å²) in [6.07, 6.45) is 4.76. The second-order valence-corrected chi connectivity index (χ2v) is 4.42. The van der Waals surface area contributed by atoms with Crippen molar-refractivity contribution in [3.05, 3.63) is 30.9 Å². The first-order chi connectivity index (χ1) is 12.3. The molecular weight excluding hydrogens is 322 g/mol. The van der Waals surface area contributed by atoms with Crippen LogP contribution < -0.4 is 14.8 Å². The zero-order valence-electron chi connectivity index (χ0n) is 14.9. The third-order valence-corrected chi connectivity index (χ3v) is 3.17. The van der Waals surface area contributed by atoms with Crippen LogP contribution in [-0.2, 0) is 0 Å². The molecule has 132 valence electrons. The maximum atomic E-state index is 5.35. The predicted octanol–water partition coefficient (Wildman–Crippen LogP) is 2.20. The van der Waals surface area contributed by atoms with Crippen LogP contribution in [-0.4, -0.2) is 51.0 Å². The average molecular weight is 343 g/mol. The molecule has 0 aliphatic heterocycles. The third-order valence-electron chi connectivity index (χ3n) is 3.17. The first kappa shape index (κ1) is 18.1. The molecule has 9 nitrogen and oxygen atoms in total. The van der Waals surface area contributed by atoms with E-state index in [4.69, 9.17) is 9.47 Å². The lowest BCUT2D eigenvalue weighted by Gasteiger charge is -2.14. The van der Waals surface area contributed by atoms with Gasteiger partial charge in [-0.05, 0) is 12.1 Å². The summed E-state index contributed by atoms with van der Waals surface area (Å²) in [4.78, 5) is 12.4. The van der Waals surface area contributed by atoms with Gasteiger partial charge in [-0.1, -0.05) is 13.8 Å². The smallest absolute Gasteiger partial charge is 0.245 e. The van der Waals surface area contributed by atoms with Crippen molar-refractivity contribution < 1.29 is 9.47 Å². The van der Waals surface area contributed by atoms with E-state index in [1.807, 2.05) is 26.0 Å². The molecule has 9 heteroatoms. The van der Waals surface area contributed by atoms with Gasteiger partial charge in [0, 0.05) is 25.0 Å². The Balaban J connectivity index is 0.00000109. The molecule has 0 aliphatic rings. The van der Waals surface area contributed by atoms with E-state index in [-0.39, 0.29) is 0 Å². The number of pyridine rings is 1. The highest BCUT2D eigenvalue weighted by atomic mass is 16.5. The minimum atomic E-state index is 0.346. The van der Waals surface area contributed by atoms with Crippen molar-refractivity contribution in [2.75, 3.05) is 26.6 Å². The summed E-state index contributed by atoms with van der Waals surface area (Å²) in [5.74, 6) is 1.75. The van der Waals surface area contributed by atoms with E-state index in [1.54, 1.807) is 24.0 Å². The van der Waals surface area contributed by atoms with Crippen LogP contribution in [0.3, 0.4) is 0 Å². The fourth-order valence-corrected chi connectivity index (χ4v) is 2.18. The van der Waals surface area contributed by atoms with Gasteiger partial charge in [0.15, 0.2) is 11.5 Å². The van der Waals surface area contributed by atoms with Crippen LogP contribution in [0.5, 0.6) is 11.8 Å². The highest BCUT2D eigenvalue weighted by molar-refractivity contribution is 5.64. The maximum Gasteiger partial charge on any atom is 0.245 e. The SMILES string of the molecule is CC.CNc1nnc(-c2cccnc2)n1-c1c(OC)ncnc1OC. The van der Waals surface area contributed by atoms with E-state index in [0.29, 0.717) is 29.2 Å². The van der Waals surface area contributed by atoms with Crippen LogP contribution in [0.4, 0.5) is 5.95 Å². The van der Waals surface area contributed by atoms with E-state index < -0.39 is 0 Å². The van der Waals surface area contributed by atoms with Crippen LogP contribution in [0.2, 0.25) is 0 Å². The summed E-state index contributed by atoms with van der Waals surface area (Å²) in [5, 5.41) is 11.4. The number of hydrogen-bond donors (Lipinski definition) is 1. The Morgan fingerprint density at radius 1 is 1.04 bits per heavy atom. The minimum absolute atomic E-state index is 0.346. The fraction of sp³-hybridized carbons (Fsp3) is 0.312. The highest BCUT2D eigenvalue weighted by Crippen LogP contribution is 2.34. The number of nitrogens with zero attached hydrogens (tertiary/aromatic N) is 6. The van der Waals surface area contributed by atoms with E-state index in [0.717, 1.165) is 5.56 Å². The Bertz CT molecular complexity index is 783. The van der Waals surface area contributed by atoms with Crippen molar-refractivity contribution in [1.82, 2.24) is 29.7 Å². The lowest BCUT2D eigenvalue weighted by atomic mass is 10.2. The van der Waals surface area contributed by atoms with Gasteiger partial charge in [0.05, 0.1) is 14.2 Å². The standard InChI is InChI=1S/C14H15N7O2.C2H6/c1-15-14-20-19-11(9-5-4-6-16-7-9)21(14)10-12(22-2)17-8-18-13(10)23-3;1-2/h4-8H,1-3H3,(H,15,20);1-2H3. The van der Waals surface area contributed by atoms with Gasteiger partial charge in [-0.3, -0.25) is 9.55 Å². The van der Waals surface area contributed by atoms with Crippen LogP contribution in [0.15, 0.2) is 30.9 Å². The molecule has 3 aromatic rings. The third kappa shape index (κ3) is 3.49. The number of anilines is 1. The van der Waals surface area contributed by atoms with Crippen LogP contribution >= 0.6 is 0 Å². The van der Waals surface area contributed by atoms with Gasteiger partial charge in [-0.25, -0.2) is 0 Å². The number of hydrogen-bond acceptors (Lipinski definition) is 8. The van der Waals surface area contributed by atoms with Crippen molar-refractivity contribution in [3.63, 3.8) is 0 Å². The molecule has 0 atom stereocenters. The van der Waals surface area contributed by atoms with E-state index in [9.17, 15) is 0 Å². The van der Waals surface area contributed by atoms with Gasteiger partial charge in [-0.2, -0.15) is 9.97 Å². The molecule has 0 aromatic carbocycles. The zero-order chi connectivity index (χ0) is 18.2. The number of nitrogens with one attached hydrogen (secondary N) is 1. The first-order valence-electron chi connectivity index (χ1n) is 7.77. The molecule has 0 aliphatic carbocycles. The Morgan fingerprint density at radius 2 is 1.72 bits per heavy atom. The molecule has 0 saturated heterocycles. The second-order valence-electron chi connectivity index (χ2n) is 4.42. The lowest BCUT2D eigenvalue weighted by molar-refractivity contribution is 0.368. The molecule has 0 spiro atoms. The molecule has 0 unspecified atom stereocenters. The largest absolute Gasteiger partial charge is 0.479 e. The van der Waals surface area contributed by atoms with Crippen molar-refractivity contribution in [2.45, 2.75) is 13.8 Å². The molecular formula is C16H21N7O2. The molecule has 1 N–H and O–H groups in total. The Hall–Kier alpha value is -3.23. The molecule has 0 bridgehead atoms. The van der Waals surface area contributed by atoms with Crippen LogP contribution in [0.25, 0.3) is 17.1 Å². The normalized spacial score (nSPS) is 9.80. The zero-order valence-corrected chi connectivity index (χ0v) is 14.9. The molecule has 3 heterocycles. The van der Waals surface area contributed by atoms with Gasteiger partial charge in [0.25, 0.3) is 0 Å². The van der Waals surface area contributed by atoms with Gasteiger partial charge < -0.3 is 14.8 Å². The first-order valence-corrected chi connectivity index (χ1v) is 7.77. The average Bonchev–Trinajstić information content (AvgIpc) is 3.13. The summed E-state index contributed by atoms with van der Waals surface area (Å²) in [6, 6.07) is 3.71. The number of rotatable bonds is 5. The monoisotopic (exact) mass is 343 g/mol. The molecule has 25 heavy (non-hydrogen) atoms. The maximum absolute atomic E-state index is 5.35. The van der Waals surface area contributed by atoms with Crippen molar-refractivity contribution in [3.8, 4) is 28.8 Å². The number of methoxy groups -OCH3 is 2. The molecule has 3 rings (SSSR count). The molecule has 0 radical (unpaired) electrons. The molecule has 0 fully saturated rings. The Kier molecular flexibility index (Phi) is 6.21. The van der Waals surface area contributed by atoms with E-state index in [1.165, 1.54) is 20.5 Å².